The van der Waals surface area contributed by atoms with Crippen LogP contribution in [0, 0.1) is 41.4 Å². The highest BCUT2D eigenvalue weighted by Crippen LogP contribution is 2.71. The third-order valence-corrected chi connectivity index (χ3v) is 9.63. The Bertz CT molecular complexity index is 1160. The Morgan fingerprint density at radius 3 is 2.15 bits per heavy atom. The van der Waals surface area contributed by atoms with Gasteiger partial charge in [-0.15, -0.1) is 0 Å². The predicted molar refractivity (Wildman–Crippen MR) is 125 cm³/mol. The Morgan fingerprint density at radius 2 is 1.59 bits per heavy atom. The van der Waals surface area contributed by atoms with Crippen molar-refractivity contribution in [2.75, 3.05) is 0 Å². The van der Waals surface area contributed by atoms with Crippen molar-refractivity contribution in [3.63, 3.8) is 0 Å². The molecule has 188 valence electrons. The lowest BCUT2D eigenvalue weighted by atomic mass is 9.64. The van der Waals surface area contributed by atoms with Gasteiger partial charge in [-0.25, -0.2) is 0 Å². The largest absolute Gasteiger partial charge is 0.462 e. The van der Waals surface area contributed by atoms with Crippen LogP contribution in [0.1, 0.15) is 62.7 Å². The standard InChI is InChI=1S/C26H36O7S/c1-14-8-10-18(11-9-14)34(29,30)33-24-19-12-15(2)22-23(19)25(5,6)20(31-16(3)27)13-21(26(22,24)7)32-17(4)28/h8-11,15,19-24H,12-13H2,1-7H3/t15-,19+,20+,21+,22+,23+,24?,26+/m0/s1/i12D,15D/t12-,15+,19-,20-,21-,22-,23-,24?,26-/m1. The minimum Gasteiger partial charge on any atom is -0.462 e. The number of carbonyl (C=O) groups excluding carboxylic acids is 2. The van der Waals surface area contributed by atoms with E-state index in [9.17, 15) is 19.4 Å². The van der Waals surface area contributed by atoms with Crippen LogP contribution in [0.2, 0.25) is 0 Å². The molecule has 8 heteroatoms. The molecule has 0 N–H and O–H groups in total. The number of benzene rings is 1. The second-order valence-electron chi connectivity index (χ2n) is 10.9. The van der Waals surface area contributed by atoms with Gasteiger partial charge >= 0.3 is 11.9 Å². The third-order valence-electron chi connectivity index (χ3n) is 8.32. The number of carbonyl (C=O) groups is 2. The van der Waals surface area contributed by atoms with Crippen LogP contribution in [-0.2, 0) is 33.4 Å². The Labute approximate surface area is 205 Å². The molecule has 4 rings (SSSR count). The van der Waals surface area contributed by atoms with Crippen LogP contribution in [0.25, 0.3) is 0 Å². The molecule has 3 fully saturated rings. The van der Waals surface area contributed by atoms with Crippen molar-refractivity contribution in [2.24, 2.45) is 34.5 Å². The van der Waals surface area contributed by atoms with Gasteiger partial charge in [-0.05, 0) is 49.1 Å². The van der Waals surface area contributed by atoms with Gasteiger partial charge in [0.2, 0.25) is 0 Å². The molecule has 3 aliphatic carbocycles. The summed E-state index contributed by atoms with van der Waals surface area (Å²) in [5.41, 5.74) is -0.947. The quantitative estimate of drug-likeness (QED) is 0.445. The van der Waals surface area contributed by atoms with Gasteiger partial charge in [0.15, 0.2) is 0 Å². The molecule has 0 saturated heterocycles. The average molecular weight is 495 g/mol. The molecular weight excluding hydrogens is 456 g/mol. The number of ether oxygens (including phenoxy) is 2. The normalized spacial score (nSPS) is 43.4. The van der Waals surface area contributed by atoms with Crippen LogP contribution in [0.4, 0.5) is 0 Å². The fraction of sp³-hybridized carbons (Fsp3) is 0.692. The van der Waals surface area contributed by atoms with E-state index < -0.39 is 75.3 Å². The Morgan fingerprint density at radius 1 is 1.03 bits per heavy atom. The van der Waals surface area contributed by atoms with E-state index in [2.05, 4.69) is 0 Å². The van der Waals surface area contributed by atoms with Crippen molar-refractivity contribution in [3.8, 4) is 0 Å². The predicted octanol–water partition coefficient (Wildman–Crippen LogP) is 4.27. The van der Waals surface area contributed by atoms with Crippen LogP contribution >= 0.6 is 0 Å². The van der Waals surface area contributed by atoms with E-state index in [1.807, 2.05) is 20.8 Å². The average Bonchev–Trinajstić information content (AvgIpc) is 3.10. The Balaban J connectivity index is 1.89. The first-order valence-corrected chi connectivity index (χ1v) is 13.1. The minimum absolute atomic E-state index is 0.00286. The molecule has 34 heavy (non-hydrogen) atoms. The summed E-state index contributed by atoms with van der Waals surface area (Å²) in [4.78, 5) is 24.3. The number of hydrogen-bond acceptors (Lipinski definition) is 7. The van der Waals surface area contributed by atoms with Gasteiger partial charge in [0.1, 0.15) is 12.2 Å². The van der Waals surface area contributed by atoms with E-state index in [1.165, 1.54) is 26.0 Å². The molecule has 3 saturated carbocycles. The Hall–Kier alpha value is -1.93. The second kappa shape index (κ2) is 8.33. The highest BCUT2D eigenvalue weighted by molar-refractivity contribution is 7.86. The van der Waals surface area contributed by atoms with Crippen LogP contribution in [0.5, 0.6) is 0 Å². The lowest BCUT2D eigenvalue weighted by Gasteiger charge is -2.47. The van der Waals surface area contributed by atoms with Crippen LogP contribution in [0.15, 0.2) is 29.2 Å². The van der Waals surface area contributed by atoms with Gasteiger partial charge in [0.05, 0.1) is 11.0 Å². The minimum atomic E-state index is -4.22. The van der Waals surface area contributed by atoms with E-state index in [4.69, 9.17) is 15.0 Å². The number of rotatable bonds is 5. The van der Waals surface area contributed by atoms with E-state index in [0.29, 0.717) is 0 Å². The topological polar surface area (TPSA) is 96.0 Å². The molecule has 0 heterocycles. The zero-order valence-electron chi connectivity index (χ0n) is 22.8. The van der Waals surface area contributed by atoms with Crippen molar-refractivity contribution in [1.82, 2.24) is 0 Å². The SMILES string of the molecule is [2H][C@H]1[C@H]2C(OS(=O)(=O)c3ccc(C)cc3)[C@]3(C)[C@H](OC(C)=O)C[C@@H](OC(C)=O)C(C)(C)[C@H]2[C@H]3[C@@]1([2H])C. The van der Waals surface area contributed by atoms with Crippen molar-refractivity contribution in [1.29, 1.82) is 0 Å². The van der Waals surface area contributed by atoms with Gasteiger partial charge in [-0.1, -0.05) is 45.4 Å². The van der Waals surface area contributed by atoms with Crippen molar-refractivity contribution in [2.45, 2.75) is 84.5 Å². The van der Waals surface area contributed by atoms with E-state index >= 15 is 0 Å². The maximum absolute atomic E-state index is 13.5. The molecule has 0 amide bonds. The summed E-state index contributed by atoms with van der Waals surface area (Å²) >= 11 is 0. The fourth-order valence-corrected chi connectivity index (χ4v) is 8.07. The van der Waals surface area contributed by atoms with Crippen molar-refractivity contribution in [3.05, 3.63) is 29.8 Å². The Kier molecular flexibility index (Phi) is 5.52. The number of hydrogen-bond donors (Lipinski definition) is 0. The number of aryl methyl sites for hydroxylation is 1. The summed E-state index contributed by atoms with van der Waals surface area (Å²) in [5, 5.41) is 0. The molecule has 3 aliphatic rings. The summed E-state index contributed by atoms with van der Waals surface area (Å²) < 4.78 is 62.7. The van der Waals surface area contributed by atoms with E-state index in [1.54, 1.807) is 26.0 Å². The highest BCUT2D eigenvalue weighted by atomic mass is 32.2. The first-order valence-electron chi connectivity index (χ1n) is 12.8. The van der Waals surface area contributed by atoms with Crippen LogP contribution in [0.3, 0.4) is 0 Å². The molecule has 0 spiro atoms. The lowest BCUT2D eigenvalue weighted by Crippen LogP contribution is -2.53. The van der Waals surface area contributed by atoms with Gasteiger partial charge in [0, 0.05) is 33.8 Å². The summed E-state index contributed by atoms with van der Waals surface area (Å²) in [6, 6.07) is 6.33. The molecule has 0 aromatic heterocycles. The molecule has 1 unspecified atom stereocenters. The summed E-state index contributed by atoms with van der Waals surface area (Å²) in [5.74, 6) is -3.88. The maximum Gasteiger partial charge on any atom is 0.302 e. The highest BCUT2D eigenvalue weighted by Gasteiger charge is 2.74. The van der Waals surface area contributed by atoms with Crippen LogP contribution < -0.4 is 0 Å². The van der Waals surface area contributed by atoms with Gasteiger partial charge in [0.25, 0.3) is 10.1 Å². The molecular formula is C26H36O7S. The molecule has 4 bridgehead atoms. The molecule has 1 aromatic carbocycles. The van der Waals surface area contributed by atoms with E-state index in [-0.39, 0.29) is 17.2 Å². The summed E-state index contributed by atoms with van der Waals surface area (Å²) in [7, 11) is -4.22. The second-order valence-corrected chi connectivity index (χ2v) is 12.5. The van der Waals surface area contributed by atoms with E-state index in [0.717, 1.165) is 5.56 Å². The lowest BCUT2D eigenvalue weighted by molar-refractivity contribution is -0.174. The third kappa shape index (κ3) is 3.87. The van der Waals surface area contributed by atoms with Gasteiger partial charge in [-0.2, -0.15) is 8.42 Å². The zero-order valence-corrected chi connectivity index (χ0v) is 21.6. The molecule has 7 nitrogen and oxygen atoms in total. The molecule has 9 atom stereocenters. The fourth-order valence-electron chi connectivity index (χ4n) is 6.88. The zero-order chi connectivity index (χ0) is 27.0. The molecule has 0 aliphatic heterocycles. The van der Waals surface area contributed by atoms with Gasteiger partial charge < -0.3 is 9.47 Å². The maximum atomic E-state index is 13.5. The van der Waals surface area contributed by atoms with Gasteiger partial charge in [-0.3, -0.25) is 13.8 Å². The molecule has 0 radical (unpaired) electrons. The van der Waals surface area contributed by atoms with Crippen molar-refractivity contribution < 1.29 is 34.4 Å². The van der Waals surface area contributed by atoms with Crippen LogP contribution in [-0.4, -0.2) is 38.7 Å². The summed E-state index contributed by atoms with van der Waals surface area (Å²) in [6.45, 7) is 11.8. The number of esters is 2. The first kappa shape index (κ1) is 22.5. The monoisotopic (exact) mass is 494 g/mol. The smallest absolute Gasteiger partial charge is 0.302 e. The van der Waals surface area contributed by atoms with Crippen molar-refractivity contribution >= 4 is 22.1 Å². The summed E-state index contributed by atoms with van der Waals surface area (Å²) in [6.07, 6.45) is -3.33. The first-order chi connectivity index (χ1) is 16.5. The molecule has 1 aromatic rings.